The topological polar surface area (TPSA) is 58.2 Å². The van der Waals surface area contributed by atoms with E-state index in [-0.39, 0.29) is 0 Å². The highest BCUT2D eigenvalue weighted by Gasteiger charge is 2.84. The summed E-state index contributed by atoms with van der Waals surface area (Å²) in [5, 5.41) is 3.59. The number of alkyl halides is 8. The van der Waals surface area contributed by atoms with Gasteiger partial charge in [-0.2, -0.15) is 35.1 Å². The molecule has 0 spiro atoms. The molecule has 0 saturated heterocycles. The summed E-state index contributed by atoms with van der Waals surface area (Å²) in [5.74, 6) is -29.7. The van der Waals surface area contributed by atoms with Crippen LogP contribution in [0.25, 0.3) is 0 Å². The van der Waals surface area contributed by atoms with Gasteiger partial charge in [0, 0.05) is 12.1 Å². The van der Waals surface area contributed by atoms with Crippen LogP contribution >= 0.6 is 0 Å². The molecule has 4 nitrogen and oxygen atoms in total. The van der Waals surface area contributed by atoms with Gasteiger partial charge in [0.15, 0.2) is 0 Å². The molecule has 8 aliphatic rings. The van der Waals surface area contributed by atoms with E-state index in [0.717, 1.165) is 38.5 Å². The molecule has 0 heterocycles. The Balaban J connectivity index is 1.15. The summed E-state index contributed by atoms with van der Waals surface area (Å²) in [4.78, 5) is 25.0. The van der Waals surface area contributed by atoms with Crippen molar-refractivity contribution in [3.63, 3.8) is 0 Å². The molecule has 0 aromatic heterocycles. The maximum absolute atomic E-state index is 14.9. The highest BCUT2D eigenvalue weighted by Crippen LogP contribution is 2.63. The Morgan fingerprint density at radius 3 is 0.952 bits per heavy atom. The summed E-state index contributed by atoms with van der Waals surface area (Å²) in [6.07, 6.45) is 9.40. The lowest BCUT2D eigenvalue weighted by molar-refractivity contribution is -0.347. The summed E-state index contributed by atoms with van der Waals surface area (Å²) >= 11 is 0. The van der Waals surface area contributed by atoms with Crippen molar-refractivity contribution in [1.29, 1.82) is 0 Å². The minimum Gasteiger partial charge on any atom is -0.348 e. The second kappa shape index (κ2) is 9.44. The lowest BCUT2D eigenvalue weighted by Gasteiger charge is -2.59. The van der Waals surface area contributed by atoms with Crippen LogP contribution < -0.4 is 10.6 Å². The first-order valence-corrected chi connectivity index (χ1v) is 15.4. The van der Waals surface area contributed by atoms with Crippen molar-refractivity contribution < 1.29 is 44.7 Å². The van der Waals surface area contributed by atoms with Gasteiger partial charge in [-0.1, -0.05) is 0 Å². The molecule has 0 aromatic rings. The summed E-state index contributed by atoms with van der Waals surface area (Å²) in [6.45, 7) is 2.76. The molecule has 0 unspecified atom stereocenters. The van der Waals surface area contributed by atoms with Crippen molar-refractivity contribution in [1.82, 2.24) is 10.6 Å². The number of carbonyl (C=O) groups excluding carboxylic acids is 2. The second-order valence-electron chi connectivity index (χ2n) is 15.2. The molecule has 8 fully saturated rings. The standard InChI is InChI=1S/C30H40F8N2O2/c1-15(25-9-17-3-18(10-25)5-19(4-17)11-25)39-23(41)27(31,32)29(35,36)30(37,38)28(33,34)24(42)40-16(2)26-12-20-6-21(13-26)8-22(7-20)14-26/h15-22H,3-14H2,1-2H3,(H,39,41)(H,40,42)/t15-,16+,17?,18?,19?,20?,21?,22?,25?,26?. The van der Waals surface area contributed by atoms with Gasteiger partial charge in [-0.15, -0.1) is 0 Å². The molecular formula is C30H40F8N2O2. The van der Waals surface area contributed by atoms with Gasteiger partial charge in [0.1, 0.15) is 0 Å². The first-order valence-electron chi connectivity index (χ1n) is 15.4. The minimum absolute atomic E-state index is 0.319. The molecule has 2 atom stereocenters. The maximum atomic E-state index is 14.9. The maximum Gasteiger partial charge on any atom is 0.392 e. The first kappa shape index (κ1) is 30.4. The Labute approximate surface area is 240 Å². The van der Waals surface area contributed by atoms with E-state index in [1.165, 1.54) is 13.8 Å². The molecule has 2 N–H and O–H groups in total. The smallest absolute Gasteiger partial charge is 0.348 e. The van der Waals surface area contributed by atoms with Crippen LogP contribution in [0.2, 0.25) is 0 Å². The fraction of sp³-hybridized carbons (Fsp3) is 0.933. The van der Waals surface area contributed by atoms with E-state index in [2.05, 4.69) is 0 Å². The number of amides is 2. The largest absolute Gasteiger partial charge is 0.392 e. The quantitative estimate of drug-likeness (QED) is 0.277. The molecule has 0 aromatic carbocycles. The van der Waals surface area contributed by atoms with Crippen LogP contribution in [0.15, 0.2) is 0 Å². The predicted octanol–water partition coefficient (Wildman–Crippen LogP) is 6.97. The molecule has 8 saturated carbocycles. The predicted molar refractivity (Wildman–Crippen MR) is 136 cm³/mol. The monoisotopic (exact) mass is 612 g/mol. The van der Waals surface area contributed by atoms with Gasteiger partial charge < -0.3 is 10.6 Å². The third-order valence-electron chi connectivity index (χ3n) is 12.5. The van der Waals surface area contributed by atoms with Crippen molar-refractivity contribution in [3.8, 4) is 0 Å². The van der Waals surface area contributed by atoms with Gasteiger partial charge in [-0.3, -0.25) is 9.59 Å². The SMILES string of the molecule is C[C@H](NC(=O)C(F)(F)C(F)(F)C(F)(F)C(F)(F)C(=O)N[C@H](C)C12CC3CC(CC(C3)C1)C2)C12CC3CC(CC(C3)C1)C2. The molecule has 2 amide bonds. The molecule has 8 rings (SSSR count). The van der Waals surface area contributed by atoms with Gasteiger partial charge in [0.05, 0.1) is 0 Å². The normalized spacial score (nSPS) is 40.6. The van der Waals surface area contributed by atoms with Gasteiger partial charge in [-0.05, 0) is 137 Å². The van der Waals surface area contributed by atoms with Crippen molar-refractivity contribution >= 4 is 11.8 Å². The fourth-order valence-electron chi connectivity index (χ4n) is 11.0. The first-order chi connectivity index (χ1) is 19.3. The summed E-state index contributed by atoms with van der Waals surface area (Å²) in [6, 6.07) is -2.09. The van der Waals surface area contributed by atoms with Crippen LogP contribution in [0.1, 0.15) is 90.9 Å². The van der Waals surface area contributed by atoms with Crippen LogP contribution in [-0.4, -0.2) is 47.6 Å². The van der Waals surface area contributed by atoms with Crippen molar-refractivity contribution in [3.05, 3.63) is 0 Å². The zero-order valence-electron chi connectivity index (χ0n) is 23.9. The van der Waals surface area contributed by atoms with E-state index < -0.39 is 58.4 Å². The average Bonchev–Trinajstić information content (AvgIpc) is 2.86. The Hall–Kier alpha value is -1.62. The van der Waals surface area contributed by atoms with Crippen LogP contribution in [0.3, 0.4) is 0 Å². The van der Waals surface area contributed by atoms with Crippen molar-refractivity contribution in [2.75, 3.05) is 0 Å². The van der Waals surface area contributed by atoms with Crippen LogP contribution in [0, 0.1) is 46.3 Å². The van der Waals surface area contributed by atoms with Crippen LogP contribution in [0.5, 0.6) is 0 Å². The Bertz CT molecular complexity index is 968. The van der Waals surface area contributed by atoms with E-state index in [1.54, 1.807) is 10.6 Å². The van der Waals surface area contributed by atoms with E-state index >= 15 is 0 Å². The third kappa shape index (κ3) is 4.32. The zero-order chi connectivity index (χ0) is 30.7. The fourth-order valence-corrected chi connectivity index (χ4v) is 11.0. The number of halogens is 8. The van der Waals surface area contributed by atoms with Crippen LogP contribution in [0.4, 0.5) is 35.1 Å². The lowest BCUT2D eigenvalue weighted by Crippen LogP contribution is -2.70. The number of nitrogens with one attached hydrogen (secondary N) is 2. The summed E-state index contributed by atoms with van der Waals surface area (Å²) < 4.78 is 119. The summed E-state index contributed by atoms with van der Waals surface area (Å²) in [7, 11) is 0. The van der Waals surface area contributed by atoms with E-state index in [9.17, 15) is 44.7 Å². The van der Waals surface area contributed by atoms with Gasteiger partial charge in [0.2, 0.25) is 0 Å². The lowest BCUT2D eigenvalue weighted by atomic mass is 9.48. The van der Waals surface area contributed by atoms with Crippen LogP contribution in [-0.2, 0) is 9.59 Å². The van der Waals surface area contributed by atoms with Gasteiger partial charge >= 0.3 is 23.7 Å². The van der Waals surface area contributed by atoms with Crippen molar-refractivity contribution in [2.45, 2.75) is 127 Å². The number of hydrogen-bond donors (Lipinski definition) is 2. The van der Waals surface area contributed by atoms with Gasteiger partial charge in [0.25, 0.3) is 11.8 Å². The van der Waals surface area contributed by atoms with Gasteiger partial charge in [-0.25, -0.2) is 0 Å². The minimum atomic E-state index is -6.85. The summed E-state index contributed by atoms with van der Waals surface area (Å²) in [5.41, 5.74) is -1.26. The molecule has 12 heteroatoms. The highest BCUT2D eigenvalue weighted by molar-refractivity contribution is 5.87. The molecule has 0 radical (unpaired) electrons. The third-order valence-corrected chi connectivity index (χ3v) is 12.5. The highest BCUT2D eigenvalue weighted by atomic mass is 19.4. The molecule has 0 aliphatic heterocycles. The molecule has 8 bridgehead atoms. The van der Waals surface area contributed by atoms with E-state index in [1.807, 2.05) is 0 Å². The zero-order valence-corrected chi connectivity index (χ0v) is 23.9. The Morgan fingerprint density at radius 2 is 0.738 bits per heavy atom. The number of carbonyl (C=O) groups is 2. The van der Waals surface area contributed by atoms with E-state index in [4.69, 9.17) is 0 Å². The Kier molecular flexibility index (Phi) is 6.84. The molecule has 8 aliphatic carbocycles. The molecule has 42 heavy (non-hydrogen) atoms. The number of hydrogen-bond acceptors (Lipinski definition) is 2. The number of rotatable bonds is 9. The Morgan fingerprint density at radius 1 is 0.524 bits per heavy atom. The van der Waals surface area contributed by atoms with Crippen molar-refractivity contribution in [2.24, 2.45) is 46.3 Å². The second-order valence-corrected chi connectivity index (χ2v) is 15.2. The molecular weight excluding hydrogens is 572 g/mol. The average molecular weight is 613 g/mol. The molecule has 238 valence electrons. The van der Waals surface area contributed by atoms with E-state index in [0.29, 0.717) is 74.0 Å².